The van der Waals surface area contributed by atoms with Gasteiger partial charge in [-0.25, -0.2) is 9.13 Å². The predicted molar refractivity (Wildman–Crippen MR) is 390 cm³/mol. The highest BCUT2D eigenvalue weighted by Gasteiger charge is 2.30. The number of carbonyl (C=O) groups excluding carboxylic acids is 4. The fourth-order valence-electron chi connectivity index (χ4n) is 9.07. The monoisotopic (exact) mass is 1390 g/mol. The van der Waals surface area contributed by atoms with Gasteiger partial charge in [-0.1, -0.05) is 251 Å². The molecular weight excluding hydrogens is 1260 g/mol. The third-order valence-electron chi connectivity index (χ3n) is 14.6. The number of unbranched alkanes of at least 4 members (excludes halogenated alkanes) is 20. The Labute approximate surface area is 580 Å². The second kappa shape index (κ2) is 68.7. The number of phosphoric acid groups is 2. The fraction of sp³-hybridized carbons (Fsp3) is 0.662. The van der Waals surface area contributed by atoms with E-state index in [1.165, 1.54) is 25.7 Å². The second-order valence-corrected chi connectivity index (χ2v) is 26.7. The number of phosphoric ester groups is 2. The largest absolute Gasteiger partial charge is 0.472 e. The summed E-state index contributed by atoms with van der Waals surface area (Å²) in [5.41, 5.74) is 0. The van der Waals surface area contributed by atoms with E-state index in [0.29, 0.717) is 25.7 Å². The minimum atomic E-state index is -5.00. The highest BCUT2D eigenvalue weighted by Crippen LogP contribution is 2.45. The summed E-state index contributed by atoms with van der Waals surface area (Å²) < 4.78 is 68.1. The Hall–Kier alpha value is -4.80. The molecule has 0 aliphatic heterocycles. The van der Waals surface area contributed by atoms with E-state index in [4.69, 9.17) is 37.0 Å². The zero-order chi connectivity index (χ0) is 70.4. The fourth-order valence-corrected chi connectivity index (χ4v) is 10.6. The minimum absolute atomic E-state index is 0.0781. The molecular formula is C77H128O17P2. The summed E-state index contributed by atoms with van der Waals surface area (Å²) in [4.78, 5) is 72.6. The molecule has 548 valence electrons. The average Bonchev–Trinajstić information content (AvgIpc) is 1.16. The van der Waals surface area contributed by atoms with E-state index in [-0.39, 0.29) is 25.7 Å². The van der Waals surface area contributed by atoms with Crippen molar-refractivity contribution in [1.82, 2.24) is 0 Å². The van der Waals surface area contributed by atoms with E-state index in [0.717, 1.165) is 167 Å². The van der Waals surface area contributed by atoms with Gasteiger partial charge in [0.1, 0.15) is 19.3 Å². The first-order chi connectivity index (χ1) is 46.7. The summed E-state index contributed by atoms with van der Waals surface area (Å²) in [6, 6.07) is 0. The summed E-state index contributed by atoms with van der Waals surface area (Å²) in [6.45, 7) is 4.39. The van der Waals surface area contributed by atoms with Crippen molar-refractivity contribution < 1.29 is 80.2 Å². The van der Waals surface area contributed by atoms with Gasteiger partial charge in [0.15, 0.2) is 12.2 Å². The molecule has 0 aromatic rings. The molecule has 0 fully saturated rings. The average molecular weight is 1390 g/mol. The molecule has 0 bridgehead atoms. The van der Waals surface area contributed by atoms with Crippen molar-refractivity contribution in [2.75, 3.05) is 39.6 Å². The molecule has 3 N–H and O–H groups in total. The molecule has 5 unspecified atom stereocenters. The van der Waals surface area contributed by atoms with Crippen LogP contribution in [0.25, 0.3) is 0 Å². The van der Waals surface area contributed by atoms with Gasteiger partial charge in [0, 0.05) is 19.3 Å². The zero-order valence-corrected chi connectivity index (χ0v) is 61.3. The molecule has 0 aromatic heterocycles. The molecule has 96 heavy (non-hydrogen) atoms. The van der Waals surface area contributed by atoms with Crippen molar-refractivity contribution in [3.05, 3.63) is 134 Å². The maximum absolute atomic E-state index is 13.0. The van der Waals surface area contributed by atoms with E-state index >= 15 is 0 Å². The van der Waals surface area contributed by atoms with Crippen molar-refractivity contribution in [3.8, 4) is 0 Å². The van der Waals surface area contributed by atoms with Crippen LogP contribution in [0.3, 0.4) is 0 Å². The number of carbonyl (C=O) groups is 4. The highest BCUT2D eigenvalue weighted by atomic mass is 31.2. The van der Waals surface area contributed by atoms with Crippen LogP contribution in [0.15, 0.2) is 134 Å². The first kappa shape index (κ1) is 91.2. The van der Waals surface area contributed by atoms with Crippen molar-refractivity contribution in [2.45, 2.75) is 290 Å². The number of hydrogen-bond acceptors (Lipinski definition) is 15. The number of ether oxygens (including phenoxy) is 4. The molecule has 0 rings (SSSR count). The Morgan fingerprint density at radius 3 is 0.938 bits per heavy atom. The lowest BCUT2D eigenvalue weighted by Gasteiger charge is -2.21. The molecule has 0 saturated heterocycles. The number of esters is 4. The van der Waals surface area contributed by atoms with Gasteiger partial charge >= 0.3 is 39.5 Å². The second-order valence-electron chi connectivity index (χ2n) is 23.8. The summed E-state index contributed by atoms with van der Waals surface area (Å²) in [7, 11) is -9.98. The van der Waals surface area contributed by atoms with Gasteiger partial charge in [0.25, 0.3) is 0 Å². The van der Waals surface area contributed by atoms with Crippen LogP contribution in [0.2, 0.25) is 0 Å². The van der Waals surface area contributed by atoms with E-state index in [2.05, 4.69) is 137 Å². The number of rotatable bonds is 67. The molecule has 0 aliphatic rings. The summed E-state index contributed by atoms with van der Waals surface area (Å²) >= 11 is 0. The van der Waals surface area contributed by atoms with Gasteiger partial charge < -0.3 is 33.8 Å². The van der Waals surface area contributed by atoms with Crippen molar-refractivity contribution in [2.24, 2.45) is 0 Å². The maximum atomic E-state index is 13.0. The normalized spacial score (nSPS) is 14.8. The standard InChI is InChI=1S/C77H128O17P2/c1-5-9-13-17-21-25-29-31-33-34-35-36-38-39-43-46-50-54-58-62-75(80)88-68-73(94-77(82)64-60-56-52-48-44-40-37-32-30-26-22-18-14-10-6-2)70-92-96(85,86)90-66-71(78)65-89-95(83,84)91-69-72(93-76(81)63-59-55-51-47-42-28-24-20-16-12-8-4)67-87-74(79)61-57-53-49-45-41-27-23-19-15-11-7-3/h9-10,13-14,19-26,31-33,35-37,44,48,56,60,71-73,78H,5-8,11-12,15-18,27-30,34,38-43,45-47,49-55,57-59,61-70H2,1-4H3,(H,83,84)(H,85,86)/b13-9-,14-10-,23-19-,24-20-,25-21-,26-22-,33-31-,36-35-,37-32-,48-44-,60-56-. The van der Waals surface area contributed by atoms with E-state index in [1.807, 2.05) is 12.2 Å². The Balaban J connectivity index is 5.41. The predicted octanol–water partition coefficient (Wildman–Crippen LogP) is 20.5. The van der Waals surface area contributed by atoms with Crippen LogP contribution in [0.5, 0.6) is 0 Å². The Bertz CT molecular complexity index is 2350. The summed E-state index contributed by atoms with van der Waals surface area (Å²) in [5.74, 6) is -2.37. The lowest BCUT2D eigenvalue weighted by atomic mass is 10.1. The van der Waals surface area contributed by atoms with Gasteiger partial charge in [-0.15, -0.1) is 0 Å². The van der Waals surface area contributed by atoms with Crippen molar-refractivity contribution in [1.29, 1.82) is 0 Å². The number of hydrogen-bond donors (Lipinski definition) is 3. The minimum Gasteiger partial charge on any atom is -0.462 e. The van der Waals surface area contributed by atoms with Crippen LogP contribution in [-0.4, -0.2) is 96.7 Å². The quantitative estimate of drug-likeness (QED) is 0.0169. The van der Waals surface area contributed by atoms with E-state index < -0.39 is 97.5 Å². The molecule has 0 aromatic carbocycles. The Kier molecular flexibility index (Phi) is 65.3. The Morgan fingerprint density at radius 1 is 0.312 bits per heavy atom. The van der Waals surface area contributed by atoms with Gasteiger partial charge in [0.05, 0.1) is 32.8 Å². The van der Waals surface area contributed by atoms with Crippen LogP contribution < -0.4 is 0 Å². The van der Waals surface area contributed by atoms with Crippen molar-refractivity contribution >= 4 is 39.5 Å². The molecule has 0 spiro atoms. The number of aliphatic hydroxyl groups is 1. The van der Waals surface area contributed by atoms with Crippen LogP contribution in [-0.2, 0) is 65.4 Å². The highest BCUT2D eigenvalue weighted by molar-refractivity contribution is 7.47. The topological polar surface area (TPSA) is 237 Å². The number of aliphatic hydroxyl groups excluding tert-OH is 1. The zero-order valence-electron chi connectivity index (χ0n) is 59.5. The van der Waals surface area contributed by atoms with Crippen LogP contribution in [0.4, 0.5) is 0 Å². The molecule has 0 aliphatic carbocycles. The van der Waals surface area contributed by atoms with Crippen molar-refractivity contribution in [3.63, 3.8) is 0 Å². The third kappa shape index (κ3) is 67.8. The number of allylic oxidation sites excluding steroid dienone is 21. The lowest BCUT2D eigenvalue weighted by molar-refractivity contribution is -0.161. The SMILES string of the molecule is CC/C=C\C/C=C\C/C=C\C/C=C\C/C=C\CC(=O)OC(COC(=O)CCCCCCCC/C=C\C/C=C\C/C=C\C/C=C\CC)COP(=O)(O)OCC(O)COP(=O)(O)OCC(COC(=O)CCCCCCC/C=C\CCCC)OC(=O)CCCCCCC/C=C\CCCC. The Morgan fingerprint density at radius 2 is 0.583 bits per heavy atom. The molecule has 0 saturated carbocycles. The van der Waals surface area contributed by atoms with Crippen LogP contribution in [0.1, 0.15) is 272 Å². The smallest absolute Gasteiger partial charge is 0.462 e. The summed E-state index contributed by atoms with van der Waals surface area (Å²) in [6.07, 6.45) is 75.0. The molecule has 19 heteroatoms. The van der Waals surface area contributed by atoms with Gasteiger partial charge in [0.2, 0.25) is 0 Å². The van der Waals surface area contributed by atoms with Gasteiger partial charge in [-0.2, -0.15) is 0 Å². The summed E-state index contributed by atoms with van der Waals surface area (Å²) in [5, 5.41) is 10.6. The van der Waals surface area contributed by atoms with Crippen LogP contribution in [0, 0.1) is 0 Å². The molecule has 0 heterocycles. The first-order valence-corrected chi connectivity index (χ1v) is 39.4. The molecule has 0 amide bonds. The van der Waals surface area contributed by atoms with Gasteiger partial charge in [-0.05, 0) is 128 Å². The molecule has 0 radical (unpaired) electrons. The molecule has 17 nitrogen and oxygen atoms in total. The maximum Gasteiger partial charge on any atom is 0.472 e. The van der Waals surface area contributed by atoms with E-state index in [1.54, 1.807) is 12.2 Å². The van der Waals surface area contributed by atoms with E-state index in [9.17, 15) is 43.2 Å². The third-order valence-corrected chi connectivity index (χ3v) is 16.5. The molecule has 5 atom stereocenters. The lowest BCUT2D eigenvalue weighted by Crippen LogP contribution is -2.30. The first-order valence-electron chi connectivity index (χ1n) is 36.4. The van der Waals surface area contributed by atoms with Gasteiger partial charge in [-0.3, -0.25) is 37.3 Å². The van der Waals surface area contributed by atoms with Crippen LogP contribution >= 0.6 is 15.6 Å².